The SMILES string of the molecule is C=C1C=CCC(C)(C)[C@]1(O)/C=C/C(C)=C/C=C/C(C)=C/C=C\C=C(C)\C=C\C=C(C)\C=C\C1=C(C)C[C@@H](O)CC1(C)C. The Labute approximate surface area is 256 Å². The van der Waals surface area contributed by atoms with E-state index in [-0.39, 0.29) is 16.9 Å². The fraction of sp³-hybridized carbons (Fsp3) is 0.400. The highest BCUT2D eigenvalue weighted by Gasteiger charge is 2.43. The molecule has 0 bridgehead atoms. The third kappa shape index (κ3) is 10.3. The third-order valence-electron chi connectivity index (χ3n) is 8.31. The summed E-state index contributed by atoms with van der Waals surface area (Å²) in [6, 6.07) is 0. The fourth-order valence-electron chi connectivity index (χ4n) is 5.53. The second-order valence-corrected chi connectivity index (χ2v) is 13.3. The van der Waals surface area contributed by atoms with Gasteiger partial charge in [0.05, 0.1) is 6.10 Å². The summed E-state index contributed by atoms with van der Waals surface area (Å²) >= 11 is 0. The van der Waals surface area contributed by atoms with Crippen molar-refractivity contribution >= 4 is 0 Å². The van der Waals surface area contributed by atoms with E-state index in [1.54, 1.807) is 0 Å². The van der Waals surface area contributed by atoms with E-state index in [2.05, 4.69) is 129 Å². The molecule has 2 nitrogen and oxygen atoms in total. The number of hydrogen-bond acceptors (Lipinski definition) is 2. The molecule has 0 saturated carbocycles. The van der Waals surface area contributed by atoms with Crippen LogP contribution in [0.2, 0.25) is 0 Å². The molecule has 226 valence electrons. The highest BCUT2D eigenvalue weighted by atomic mass is 16.3. The minimum Gasteiger partial charge on any atom is -0.393 e. The highest BCUT2D eigenvalue weighted by Crippen LogP contribution is 2.44. The maximum Gasteiger partial charge on any atom is 0.113 e. The largest absolute Gasteiger partial charge is 0.393 e. The summed E-state index contributed by atoms with van der Waals surface area (Å²) in [6.07, 6.45) is 35.2. The zero-order valence-electron chi connectivity index (χ0n) is 27.5. The first kappa shape index (κ1) is 35.0. The number of aliphatic hydroxyl groups excluding tert-OH is 1. The van der Waals surface area contributed by atoms with E-state index in [1.807, 2.05) is 37.3 Å². The van der Waals surface area contributed by atoms with Gasteiger partial charge in [-0.3, -0.25) is 0 Å². The van der Waals surface area contributed by atoms with Gasteiger partial charge in [-0.2, -0.15) is 0 Å². The van der Waals surface area contributed by atoms with Crippen LogP contribution >= 0.6 is 0 Å². The predicted molar refractivity (Wildman–Crippen MR) is 184 cm³/mol. The Morgan fingerprint density at radius 2 is 1.31 bits per heavy atom. The van der Waals surface area contributed by atoms with Gasteiger partial charge in [0, 0.05) is 5.41 Å². The van der Waals surface area contributed by atoms with Gasteiger partial charge in [0.25, 0.3) is 0 Å². The molecular weight excluding hydrogens is 512 g/mol. The van der Waals surface area contributed by atoms with Gasteiger partial charge in [-0.25, -0.2) is 0 Å². The summed E-state index contributed by atoms with van der Waals surface area (Å²) in [5.41, 5.74) is 6.62. The molecule has 0 aromatic heterocycles. The maximum absolute atomic E-state index is 11.2. The van der Waals surface area contributed by atoms with E-state index >= 15 is 0 Å². The molecule has 0 aromatic rings. The summed E-state index contributed by atoms with van der Waals surface area (Å²) in [6.45, 7) is 23.1. The Kier molecular flexibility index (Phi) is 12.8. The molecule has 2 rings (SSSR count). The van der Waals surface area contributed by atoms with E-state index in [1.165, 1.54) is 22.3 Å². The Bertz CT molecular complexity index is 1320. The minimum absolute atomic E-state index is 0.000203. The maximum atomic E-state index is 11.2. The normalized spacial score (nSPS) is 26.4. The molecule has 2 atom stereocenters. The fourth-order valence-corrected chi connectivity index (χ4v) is 5.53. The third-order valence-corrected chi connectivity index (χ3v) is 8.31. The van der Waals surface area contributed by atoms with E-state index < -0.39 is 5.60 Å². The molecule has 0 amide bonds. The van der Waals surface area contributed by atoms with Gasteiger partial charge in [0.15, 0.2) is 0 Å². The molecular formula is C40H54O2. The molecule has 2 aliphatic rings. The number of hydrogen-bond donors (Lipinski definition) is 2. The van der Waals surface area contributed by atoms with Gasteiger partial charge in [0.1, 0.15) is 5.60 Å². The van der Waals surface area contributed by atoms with Crippen LogP contribution in [0.5, 0.6) is 0 Å². The smallest absolute Gasteiger partial charge is 0.113 e. The first-order chi connectivity index (χ1) is 19.6. The van der Waals surface area contributed by atoms with Gasteiger partial charge >= 0.3 is 0 Å². The molecule has 0 aliphatic heterocycles. The van der Waals surface area contributed by atoms with Gasteiger partial charge in [-0.05, 0) is 76.5 Å². The Balaban J connectivity index is 1.92. The second kappa shape index (κ2) is 15.3. The zero-order chi connectivity index (χ0) is 31.6. The Hall–Kier alpha value is -3.20. The van der Waals surface area contributed by atoms with Crippen molar-refractivity contribution in [1.82, 2.24) is 0 Å². The van der Waals surface area contributed by atoms with Crippen LogP contribution in [0.1, 0.15) is 81.6 Å². The van der Waals surface area contributed by atoms with Crippen LogP contribution in [0.25, 0.3) is 0 Å². The molecule has 0 fully saturated rings. The molecule has 2 N–H and O–H groups in total. The number of rotatable bonds is 10. The van der Waals surface area contributed by atoms with Crippen molar-refractivity contribution in [2.75, 3.05) is 0 Å². The highest BCUT2D eigenvalue weighted by molar-refractivity contribution is 5.41. The van der Waals surface area contributed by atoms with Gasteiger partial charge < -0.3 is 10.2 Å². The molecule has 0 aromatic carbocycles. The van der Waals surface area contributed by atoms with E-state index in [4.69, 9.17) is 0 Å². The van der Waals surface area contributed by atoms with Crippen LogP contribution in [0.4, 0.5) is 0 Å². The lowest BCUT2D eigenvalue weighted by molar-refractivity contribution is 0.00918. The first-order valence-corrected chi connectivity index (χ1v) is 15.1. The lowest BCUT2D eigenvalue weighted by Crippen LogP contribution is -2.45. The number of aliphatic hydroxyl groups is 2. The molecule has 42 heavy (non-hydrogen) atoms. The van der Waals surface area contributed by atoms with Crippen LogP contribution < -0.4 is 0 Å². The first-order valence-electron chi connectivity index (χ1n) is 15.1. The lowest BCUT2D eigenvalue weighted by Gasteiger charge is -2.43. The topological polar surface area (TPSA) is 40.5 Å². The predicted octanol–water partition coefficient (Wildman–Crippen LogP) is 10.3. The lowest BCUT2D eigenvalue weighted by atomic mass is 9.66. The number of allylic oxidation sites excluding steroid dienone is 19. The van der Waals surface area contributed by atoms with Crippen molar-refractivity contribution in [2.24, 2.45) is 10.8 Å². The van der Waals surface area contributed by atoms with E-state index in [0.29, 0.717) is 0 Å². The molecule has 2 aliphatic carbocycles. The molecule has 0 saturated heterocycles. The average molecular weight is 567 g/mol. The van der Waals surface area contributed by atoms with Crippen molar-refractivity contribution in [3.63, 3.8) is 0 Å². The summed E-state index contributed by atoms with van der Waals surface area (Å²) < 4.78 is 0. The van der Waals surface area contributed by atoms with E-state index in [0.717, 1.165) is 36.0 Å². The summed E-state index contributed by atoms with van der Waals surface area (Å²) in [7, 11) is 0. The average Bonchev–Trinajstić information content (AvgIpc) is 2.87. The Morgan fingerprint density at radius 1 is 0.810 bits per heavy atom. The van der Waals surface area contributed by atoms with Gasteiger partial charge in [-0.1, -0.05) is 153 Å². The Morgan fingerprint density at radius 3 is 1.83 bits per heavy atom. The summed E-state index contributed by atoms with van der Waals surface area (Å²) in [5, 5.41) is 21.3. The van der Waals surface area contributed by atoms with Gasteiger partial charge in [-0.15, -0.1) is 0 Å². The molecule has 2 heteroatoms. The van der Waals surface area contributed by atoms with Crippen LogP contribution in [0.15, 0.2) is 143 Å². The molecule has 0 spiro atoms. The minimum atomic E-state index is -1.04. The van der Waals surface area contributed by atoms with Crippen LogP contribution in [-0.2, 0) is 0 Å². The van der Waals surface area contributed by atoms with E-state index in [9.17, 15) is 10.2 Å². The second-order valence-electron chi connectivity index (χ2n) is 13.3. The monoisotopic (exact) mass is 566 g/mol. The molecule has 0 unspecified atom stereocenters. The van der Waals surface area contributed by atoms with Crippen molar-refractivity contribution < 1.29 is 10.2 Å². The summed E-state index contributed by atoms with van der Waals surface area (Å²) in [4.78, 5) is 0. The summed E-state index contributed by atoms with van der Waals surface area (Å²) in [5.74, 6) is 0. The van der Waals surface area contributed by atoms with Crippen molar-refractivity contribution in [1.29, 1.82) is 0 Å². The zero-order valence-corrected chi connectivity index (χ0v) is 27.5. The van der Waals surface area contributed by atoms with Crippen molar-refractivity contribution in [2.45, 2.75) is 93.3 Å². The van der Waals surface area contributed by atoms with Gasteiger partial charge in [0.2, 0.25) is 0 Å². The molecule has 0 heterocycles. The standard InChI is InChI=1S/C40H54O2/c1-30(18-13-20-32(3)23-24-37-34(5)28-36(41)29-38(37,7)8)16-11-12-17-31(2)19-14-21-33(4)25-27-40(42)35(6)22-15-26-39(40,9)10/h11-25,27,36,41-42H,6,26,28-29H2,1-5,7-10H3/b12-11-,18-13+,19-14+,24-23+,27-25+,30-16+,31-17+,32-20+,33-21+/t36-,40+/m1/s1. The van der Waals surface area contributed by atoms with Crippen molar-refractivity contribution in [3.8, 4) is 0 Å². The van der Waals surface area contributed by atoms with Crippen LogP contribution in [0.3, 0.4) is 0 Å². The van der Waals surface area contributed by atoms with Crippen LogP contribution in [0, 0.1) is 10.8 Å². The van der Waals surface area contributed by atoms with Crippen LogP contribution in [-0.4, -0.2) is 21.9 Å². The van der Waals surface area contributed by atoms with Crippen molar-refractivity contribution in [3.05, 3.63) is 143 Å². The quantitative estimate of drug-likeness (QED) is 0.258. The molecule has 0 radical (unpaired) electrons.